The molecule has 1 atom stereocenters. The summed E-state index contributed by atoms with van der Waals surface area (Å²) in [6.07, 6.45) is 1.34. The lowest BCUT2D eigenvalue weighted by Crippen LogP contribution is -2.35. The second kappa shape index (κ2) is 8.68. The first-order valence-electron chi connectivity index (χ1n) is 10.2. The van der Waals surface area contributed by atoms with Gasteiger partial charge in [-0.3, -0.25) is 9.59 Å². The van der Waals surface area contributed by atoms with E-state index in [2.05, 4.69) is 31.4 Å². The summed E-state index contributed by atoms with van der Waals surface area (Å²) in [4.78, 5) is 24.3. The molecule has 3 rings (SSSR count). The molecule has 1 aliphatic rings. The van der Waals surface area contributed by atoms with Crippen LogP contribution in [-0.4, -0.2) is 17.9 Å². The number of benzene rings is 2. The fraction of sp³-hybridized carbons (Fsp3) is 0.417. The Morgan fingerprint density at radius 3 is 2.41 bits per heavy atom. The topological polar surface area (TPSA) is 67.4 Å². The van der Waals surface area contributed by atoms with Crippen LogP contribution in [0.5, 0.6) is 5.75 Å². The van der Waals surface area contributed by atoms with Crippen LogP contribution in [0, 0.1) is 5.92 Å². The fourth-order valence-corrected chi connectivity index (χ4v) is 2.97. The number of ether oxygens (including phenoxy) is 1. The summed E-state index contributed by atoms with van der Waals surface area (Å²) in [6, 6.07) is 15.4. The minimum Gasteiger partial charge on any atom is -0.481 e. The second-order valence-corrected chi connectivity index (χ2v) is 8.72. The van der Waals surface area contributed by atoms with Crippen LogP contribution in [0.3, 0.4) is 0 Å². The van der Waals surface area contributed by atoms with E-state index in [9.17, 15) is 9.59 Å². The van der Waals surface area contributed by atoms with Gasteiger partial charge in [-0.15, -0.1) is 0 Å². The van der Waals surface area contributed by atoms with Crippen molar-refractivity contribution in [3.63, 3.8) is 0 Å². The molecule has 154 valence electrons. The molecule has 5 nitrogen and oxygen atoms in total. The molecular weight excluding hydrogens is 364 g/mol. The van der Waals surface area contributed by atoms with E-state index in [1.165, 1.54) is 5.56 Å². The van der Waals surface area contributed by atoms with Crippen molar-refractivity contribution in [2.75, 3.05) is 5.32 Å². The molecule has 2 aromatic carbocycles. The molecule has 0 bridgehead atoms. The lowest BCUT2D eigenvalue weighted by Gasteiger charge is -2.20. The van der Waals surface area contributed by atoms with E-state index in [-0.39, 0.29) is 23.1 Å². The first-order chi connectivity index (χ1) is 13.7. The predicted molar refractivity (Wildman–Crippen MR) is 115 cm³/mol. The average Bonchev–Trinajstić information content (AvgIpc) is 3.51. The summed E-state index contributed by atoms with van der Waals surface area (Å²) in [6.45, 7) is 8.59. The smallest absolute Gasteiger partial charge is 0.261 e. The summed E-state index contributed by atoms with van der Waals surface area (Å²) >= 11 is 0. The zero-order valence-corrected chi connectivity index (χ0v) is 17.6. The lowest BCUT2D eigenvalue weighted by molar-refractivity contribution is -0.127. The van der Waals surface area contributed by atoms with Crippen LogP contribution in [0.2, 0.25) is 0 Å². The molecule has 29 heavy (non-hydrogen) atoms. The third-order valence-corrected chi connectivity index (χ3v) is 5.01. The molecule has 0 spiro atoms. The number of anilines is 1. The summed E-state index contributed by atoms with van der Waals surface area (Å²) in [7, 11) is 0. The van der Waals surface area contributed by atoms with Crippen molar-refractivity contribution in [1.82, 2.24) is 5.32 Å². The largest absolute Gasteiger partial charge is 0.481 e. The quantitative estimate of drug-likeness (QED) is 0.731. The molecule has 2 aromatic rings. The van der Waals surface area contributed by atoms with E-state index in [1.807, 2.05) is 48.5 Å². The van der Waals surface area contributed by atoms with Crippen LogP contribution < -0.4 is 15.4 Å². The van der Waals surface area contributed by atoms with E-state index in [4.69, 9.17) is 4.74 Å². The van der Waals surface area contributed by atoms with Crippen LogP contribution in [0.4, 0.5) is 5.69 Å². The molecule has 0 heterocycles. The van der Waals surface area contributed by atoms with Crippen LogP contribution in [0.25, 0.3) is 0 Å². The third-order valence-electron chi connectivity index (χ3n) is 5.01. The summed E-state index contributed by atoms with van der Waals surface area (Å²) in [5.74, 6) is 0.724. The van der Waals surface area contributed by atoms with Gasteiger partial charge in [0.15, 0.2) is 6.10 Å². The number of hydrogen-bond donors (Lipinski definition) is 2. The average molecular weight is 395 g/mol. The van der Waals surface area contributed by atoms with E-state index in [0.717, 1.165) is 24.1 Å². The third kappa shape index (κ3) is 6.08. The van der Waals surface area contributed by atoms with Gasteiger partial charge in [-0.05, 0) is 60.6 Å². The highest BCUT2D eigenvalue weighted by molar-refractivity contribution is 5.94. The molecule has 5 heteroatoms. The fourth-order valence-electron chi connectivity index (χ4n) is 2.97. The van der Waals surface area contributed by atoms with Gasteiger partial charge in [-0.25, -0.2) is 0 Å². The van der Waals surface area contributed by atoms with Gasteiger partial charge in [0.1, 0.15) is 5.75 Å². The molecule has 0 saturated heterocycles. The molecule has 0 aliphatic heterocycles. The van der Waals surface area contributed by atoms with Crippen molar-refractivity contribution in [1.29, 1.82) is 0 Å². The van der Waals surface area contributed by atoms with E-state index in [0.29, 0.717) is 12.3 Å². The molecular formula is C24H30N2O3. The zero-order chi connectivity index (χ0) is 21.0. The van der Waals surface area contributed by atoms with Crippen molar-refractivity contribution in [3.8, 4) is 5.75 Å². The Morgan fingerprint density at radius 1 is 1.10 bits per heavy atom. The molecule has 1 unspecified atom stereocenters. The number of amides is 2. The summed E-state index contributed by atoms with van der Waals surface area (Å²) in [5, 5.41) is 5.82. The van der Waals surface area contributed by atoms with Gasteiger partial charge >= 0.3 is 0 Å². The van der Waals surface area contributed by atoms with Crippen LogP contribution in [-0.2, 0) is 21.5 Å². The van der Waals surface area contributed by atoms with Crippen molar-refractivity contribution in [3.05, 3.63) is 59.7 Å². The minimum absolute atomic E-state index is 0.0747. The van der Waals surface area contributed by atoms with Crippen LogP contribution in [0.1, 0.15) is 51.7 Å². The van der Waals surface area contributed by atoms with Crippen molar-refractivity contribution >= 4 is 17.5 Å². The first-order valence-corrected chi connectivity index (χ1v) is 10.2. The van der Waals surface area contributed by atoms with E-state index >= 15 is 0 Å². The first kappa shape index (κ1) is 20.9. The Labute approximate surface area is 172 Å². The lowest BCUT2D eigenvalue weighted by atomic mass is 9.87. The highest BCUT2D eigenvalue weighted by Crippen LogP contribution is 2.30. The number of hydrogen-bond acceptors (Lipinski definition) is 3. The van der Waals surface area contributed by atoms with Crippen molar-refractivity contribution in [2.45, 2.75) is 58.6 Å². The maximum Gasteiger partial charge on any atom is 0.261 e. The van der Waals surface area contributed by atoms with Gasteiger partial charge in [0.2, 0.25) is 5.91 Å². The summed E-state index contributed by atoms with van der Waals surface area (Å²) in [5.41, 5.74) is 2.98. The van der Waals surface area contributed by atoms with Crippen LogP contribution >= 0.6 is 0 Å². The Balaban J connectivity index is 1.50. The van der Waals surface area contributed by atoms with Gasteiger partial charge < -0.3 is 15.4 Å². The molecule has 2 N–H and O–H groups in total. The van der Waals surface area contributed by atoms with Gasteiger partial charge in [0, 0.05) is 18.2 Å². The zero-order valence-electron chi connectivity index (χ0n) is 17.6. The monoisotopic (exact) mass is 394 g/mol. The normalized spacial score (nSPS) is 14.8. The SMILES string of the molecule is CC(Oc1ccc(C(C)(C)C)cc1)C(=O)NCc1cccc(NC(=O)C2CC2)c1. The molecule has 0 aromatic heterocycles. The Bertz CT molecular complexity index is 864. The Kier molecular flexibility index (Phi) is 6.26. The Hall–Kier alpha value is -2.82. The number of carbonyl (C=O) groups is 2. The minimum atomic E-state index is -0.603. The van der Waals surface area contributed by atoms with Crippen molar-refractivity contribution < 1.29 is 14.3 Å². The maximum absolute atomic E-state index is 12.4. The molecule has 1 aliphatic carbocycles. The summed E-state index contributed by atoms with van der Waals surface area (Å²) < 4.78 is 5.77. The van der Waals surface area contributed by atoms with Gasteiger partial charge in [0.25, 0.3) is 5.91 Å². The number of rotatable bonds is 7. The standard InChI is InChI=1S/C24H30N2O3/c1-16(29-21-12-10-19(11-13-21)24(2,3)4)22(27)25-15-17-6-5-7-20(14-17)26-23(28)18-8-9-18/h5-7,10-14,16,18H,8-9,15H2,1-4H3,(H,25,27)(H,26,28). The second-order valence-electron chi connectivity index (χ2n) is 8.72. The highest BCUT2D eigenvalue weighted by Gasteiger charge is 2.29. The maximum atomic E-state index is 12.4. The van der Waals surface area contributed by atoms with E-state index in [1.54, 1.807) is 6.92 Å². The van der Waals surface area contributed by atoms with Crippen LogP contribution in [0.15, 0.2) is 48.5 Å². The molecule has 0 radical (unpaired) electrons. The number of carbonyl (C=O) groups excluding carboxylic acids is 2. The van der Waals surface area contributed by atoms with Crippen molar-refractivity contribution in [2.24, 2.45) is 5.92 Å². The van der Waals surface area contributed by atoms with E-state index < -0.39 is 6.10 Å². The van der Waals surface area contributed by atoms with Gasteiger partial charge in [-0.1, -0.05) is 45.0 Å². The molecule has 1 fully saturated rings. The molecule has 2 amide bonds. The molecule has 1 saturated carbocycles. The van der Waals surface area contributed by atoms with Gasteiger partial charge in [-0.2, -0.15) is 0 Å². The Morgan fingerprint density at radius 2 is 1.79 bits per heavy atom. The van der Waals surface area contributed by atoms with Gasteiger partial charge in [0.05, 0.1) is 0 Å². The predicted octanol–water partition coefficient (Wildman–Crippen LogP) is 4.42. The highest BCUT2D eigenvalue weighted by atomic mass is 16.5. The number of nitrogens with one attached hydrogen (secondary N) is 2.